The maximum absolute atomic E-state index is 12.3. The normalized spacial score (nSPS) is 13.3. The Balaban J connectivity index is 2.27. The number of anilines is 1. The summed E-state index contributed by atoms with van der Waals surface area (Å²) < 4.78 is 33.1. The molecule has 0 fully saturated rings. The number of furan rings is 1. The predicted molar refractivity (Wildman–Crippen MR) is 80.7 cm³/mol. The summed E-state index contributed by atoms with van der Waals surface area (Å²) in [5.74, 6) is 1.30. The number of halogens is 1. The third-order valence-corrected chi connectivity index (χ3v) is 5.28. The van der Waals surface area contributed by atoms with Crippen LogP contribution >= 0.6 is 15.9 Å². The van der Waals surface area contributed by atoms with Gasteiger partial charge in [-0.1, -0.05) is 0 Å². The molecule has 1 aromatic heterocycles. The molecule has 0 spiro atoms. The van der Waals surface area contributed by atoms with E-state index in [4.69, 9.17) is 10.2 Å². The number of hydrogen-bond acceptors (Lipinski definition) is 4. The van der Waals surface area contributed by atoms with Crippen molar-refractivity contribution < 1.29 is 12.8 Å². The lowest BCUT2D eigenvalue weighted by atomic mass is 10.3. The summed E-state index contributed by atoms with van der Waals surface area (Å²) in [4.78, 5) is 0.141. The van der Waals surface area contributed by atoms with E-state index in [1.807, 2.05) is 0 Å². The Morgan fingerprint density at radius 3 is 2.55 bits per heavy atom. The molecule has 0 aliphatic heterocycles. The molecular weight excluding hydrogens is 344 g/mol. The minimum Gasteiger partial charge on any atom is -0.465 e. The number of hydrogen-bond donors (Lipinski definition) is 2. The second kappa shape index (κ2) is 5.59. The van der Waals surface area contributed by atoms with Crippen LogP contribution in [0.15, 0.2) is 44.1 Å². The van der Waals surface area contributed by atoms with Crippen LogP contribution in [-0.2, 0) is 10.0 Å². The van der Waals surface area contributed by atoms with Gasteiger partial charge in [-0.3, -0.25) is 0 Å². The largest absolute Gasteiger partial charge is 0.465 e. The van der Waals surface area contributed by atoms with Gasteiger partial charge in [0.25, 0.3) is 0 Å². The second-order valence-corrected chi connectivity index (χ2v) is 7.02. The molecule has 0 aliphatic carbocycles. The molecule has 1 aromatic carbocycles. The molecule has 0 bridgehead atoms. The van der Waals surface area contributed by atoms with Crippen molar-refractivity contribution in [3.63, 3.8) is 0 Å². The van der Waals surface area contributed by atoms with Gasteiger partial charge in [0.1, 0.15) is 11.5 Å². The van der Waals surface area contributed by atoms with Crippen molar-refractivity contribution in [1.29, 1.82) is 0 Å². The first-order valence-electron chi connectivity index (χ1n) is 5.93. The number of benzene rings is 1. The van der Waals surface area contributed by atoms with E-state index in [9.17, 15) is 8.42 Å². The molecule has 2 rings (SSSR count). The van der Waals surface area contributed by atoms with Crippen LogP contribution in [-0.4, -0.2) is 8.42 Å². The fourth-order valence-corrected chi connectivity index (χ4v) is 4.08. The maximum Gasteiger partial charge on any atom is 0.242 e. The van der Waals surface area contributed by atoms with Gasteiger partial charge in [0.05, 0.1) is 10.9 Å². The van der Waals surface area contributed by atoms with E-state index >= 15 is 0 Å². The molecule has 0 radical (unpaired) electrons. The molecular formula is C13H15BrN2O3S. The van der Waals surface area contributed by atoms with E-state index in [-0.39, 0.29) is 4.90 Å². The molecule has 0 amide bonds. The minimum absolute atomic E-state index is 0.141. The lowest BCUT2D eigenvalue weighted by Crippen LogP contribution is -2.27. The third-order valence-electron chi connectivity index (χ3n) is 2.77. The molecule has 0 aliphatic rings. The quantitative estimate of drug-likeness (QED) is 0.822. The summed E-state index contributed by atoms with van der Waals surface area (Å²) in [6.07, 6.45) is 0. The summed E-state index contributed by atoms with van der Waals surface area (Å²) in [5.41, 5.74) is 6.10. The number of rotatable bonds is 4. The summed E-state index contributed by atoms with van der Waals surface area (Å²) >= 11 is 3.21. The number of nitrogens with one attached hydrogen (secondary N) is 1. The van der Waals surface area contributed by atoms with Crippen molar-refractivity contribution in [2.24, 2.45) is 0 Å². The van der Waals surface area contributed by atoms with Crippen LogP contribution in [0, 0.1) is 6.92 Å². The topological polar surface area (TPSA) is 85.3 Å². The highest BCUT2D eigenvalue weighted by atomic mass is 79.9. The monoisotopic (exact) mass is 358 g/mol. The molecule has 1 unspecified atom stereocenters. The van der Waals surface area contributed by atoms with Gasteiger partial charge in [0, 0.05) is 10.2 Å². The zero-order valence-electron chi connectivity index (χ0n) is 11.1. The first kappa shape index (κ1) is 15.1. The maximum atomic E-state index is 12.3. The molecule has 0 saturated heterocycles. The fourth-order valence-electron chi connectivity index (χ4n) is 1.78. The Kier molecular flexibility index (Phi) is 4.22. The molecule has 3 N–H and O–H groups in total. The van der Waals surface area contributed by atoms with E-state index < -0.39 is 16.1 Å². The summed E-state index contributed by atoms with van der Waals surface area (Å²) in [6.45, 7) is 3.53. The van der Waals surface area contributed by atoms with Crippen molar-refractivity contribution in [1.82, 2.24) is 4.72 Å². The second-order valence-electron chi connectivity index (χ2n) is 4.48. The van der Waals surface area contributed by atoms with Crippen molar-refractivity contribution in [3.05, 3.63) is 46.3 Å². The summed E-state index contributed by atoms with van der Waals surface area (Å²) in [7, 11) is -3.66. The van der Waals surface area contributed by atoms with Gasteiger partial charge in [-0.2, -0.15) is 0 Å². The highest BCUT2D eigenvalue weighted by molar-refractivity contribution is 9.10. The number of nitrogens with two attached hydrogens (primary N) is 1. The fraction of sp³-hybridized carbons (Fsp3) is 0.231. The molecule has 108 valence electrons. The standard InChI is InChI=1S/C13H15BrN2O3S/c1-8-3-5-12(19-8)9(2)16-20(17,18)13-6-4-10(15)7-11(13)14/h3-7,9,16H,15H2,1-2H3. The van der Waals surface area contributed by atoms with Gasteiger partial charge < -0.3 is 10.2 Å². The average Bonchev–Trinajstić information content (AvgIpc) is 2.74. The van der Waals surface area contributed by atoms with E-state index in [0.717, 1.165) is 5.76 Å². The molecule has 0 saturated carbocycles. The van der Waals surface area contributed by atoms with Gasteiger partial charge in [-0.25, -0.2) is 13.1 Å². The molecule has 1 heterocycles. The van der Waals surface area contributed by atoms with E-state index in [1.54, 1.807) is 38.1 Å². The molecule has 1 atom stereocenters. The first-order valence-corrected chi connectivity index (χ1v) is 8.21. The lowest BCUT2D eigenvalue weighted by Gasteiger charge is -2.13. The van der Waals surface area contributed by atoms with E-state index in [1.165, 1.54) is 6.07 Å². The van der Waals surface area contributed by atoms with Crippen molar-refractivity contribution in [2.45, 2.75) is 24.8 Å². The highest BCUT2D eigenvalue weighted by Gasteiger charge is 2.22. The molecule has 7 heteroatoms. The minimum atomic E-state index is -3.66. The Labute approximate surface area is 126 Å². The van der Waals surface area contributed by atoms with Gasteiger partial charge in [0.2, 0.25) is 10.0 Å². The van der Waals surface area contributed by atoms with E-state index in [0.29, 0.717) is 15.9 Å². The van der Waals surface area contributed by atoms with Crippen LogP contribution in [0.4, 0.5) is 5.69 Å². The Hall–Kier alpha value is -1.31. The SMILES string of the molecule is Cc1ccc(C(C)NS(=O)(=O)c2ccc(N)cc2Br)o1. The van der Waals surface area contributed by atoms with Crippen LogP contribution in [0.1, 0.15) is 24.5 Å². The van der Waals surface area contributed by atoms with Crippen LogP contribution in [0.2, 0.25) is 0 Å². The molecule has 2 aromatic rings. The summed E-state index contributed by atoms with van der Waals surface area (Å²) in [5, 5.41) is 0. The predicted octanol–water partition coefficient (Wildman–Crippen LogP) is 2.97. The summed E-state index contributed by atoms with van der Waals surface area (Å²) in [6, 6.07) is 7.64. The molecule has 20 heavy (non-hydrogen) atoms. The van der Waals surface area contributed by atoms with Crippen LogP contribution in [0.3, 0.4) is 0 Å². The Morgan fingerprint density at radius 1 is 1.30 bits per heavy atom. The average molecular weight is 359 g/mol. The lowest BCUT2D eigenvalue weighted by molar-refractivity contribution is 0.441. The molecule has 5 nitrogen and oxygen atoms in total. The van der Waals surface area contributed by atoms with Crippen LogP contribution < -0.4 is 10.5 Å². The van der Waals surface area contributed by atoms with Gasteiger partial charge >= 0.3 is 0 Å². The third kappa shape index (κ3) is 3.23. The van der Waals surface area contributed by atoms with Crippen LogP contribution in [0.5, 0.6) is 0 Å². The number of aryl methyl sites for hydroxylation is 1. The smallest absolute Gasteiger partial charge is 0.242 e. The number of nitrogen functional groups attached to an aromatic ring is 1. The van der Waals surface area contributed by atoms with Gasteiger partial charge in [-0.15, -0.1) is 0 Å². The zero-order valence-corrected chi connectivity index (χ0v) is 13.5. The van der Waals surface area contributed by atoms with Crippen molar-refractivity contribution in [2.75, 3.05) is 5.73 Å². The van der Waals surface area contributed by atoms with Crippen molar-refractivity contribution in [3.8, 4) is 0 Å². The van der Waals surface area contributed by atoms with Crippen molar-refractivity contribution >= 4 is 31.6 Å². The highest BCUT2D eigenvalue weighted by Crippen LogP contribution is 2.26. The number of sulfonamides is 1. The van der Waals surface area contributed by atoms with Gasteiger partial charge in [0.15, 0.2) is 0 Å². The van der Waals surface area contributed by atoms with Gasteiger partial charge in [-0.05, 0) is 60.1 Å². The van der Waals surface area contributed by atoms with E-state index in [2.05, 4.69) is 20.7 Å². The Bertz CT molecular complexity index is 725. The Morgan fingerprint density at radius 2 is 2.00 bits per heavy atom. The first-order chi connectivity index (χ1) is 9.29. The zero-order chi connectivity index (χ0) is 14.9. The van der Waals surface area contributed by atoms with Crippen LogP contribution in [0.25, 0.3) is 0 Å².